The molecule has 4 heterocycles. The smallest absolute Gasteiger partial charge is 0.262 e. The third-order valence-electron chi connectivity index (χ3n) is 11.9. The van der Waals surface area contributed by atoms with Crippen LogP contribution >= 0.6 is 0 Å². The van der Waals surface area contributed by atoms with Gasteiger partial charge in [-0.15, -0.1) is 0 Å². The number of imide groups is 2. The standard InChI is InChI=1S/C47H57N7O9S/c1-47(2,34-10-15-38(16-11-34)63-31-36-20-23-49-46(50-36)52-64(3,59)60)33-8-13-37(14-9-33)62-30-32-21-25-53(29-32)24-5-7-27-61-26-6-4-22-48-35-12-17-39-40(28-35)45(58)54(44(39)57)41-18-19-42(55)51-43(41)56/h8-17,20,23,28,32,41,48H,4-7,18-19,21-22,24-27,29-31H2,1-3H3,(H,49,50,52)(H,51,55,56). The van der Waals surface area contributed by atoms with Gasteiger partial charge in [-0.1, -0.05) is 38.1 Å². The molecule has 3 aliphatic rings. The number of benzene rings is 3. The summed E-state index contributed by atoms with van der Waals surface area (Å²) in [7, 11) is -3.48. The van der Waals surface area contributed by atoms with Crippen molar-refractivity contribution >= 4 is 45.3 Å². The summed E-state index contributed by atoms with van der Waals surface area (Å²) >= 11 is 0. The summed E-state index contributed by atoms with van der Waals surface area (Å²) in [6.07, 6.45) is 7.74. The van der Waals surface area contributed by atoms with Gasteiger partial charge in [-0.05, 0) is 111 Å². The van der Waals surface area contributed by atoms with Crippen molar-refractivity contribution in [2.75, 3.05) is 62.3 Å². The Morgan fingerprint density at radius 3 is 2.22 bits per heavy atom. The molecule has 3 aromatic carbocycles. The van der Waals surface area contributed by atoms with Gasteiger partial charge in [-0.3, -0.25) is 34.1 Å². The number of ether oxygens (including phenoxy) is 3. The van der Waals surface area contributed by atoms with Gasteiger partial charge in [0.1, 0.15) is 24.1 Å². The number of unbranched alkanes of at least 4 members (excludes halogenated alkanes) is 2. The van der Waals surface area contributed by atoms with E-state index in [0.29, 0.717) is 37.1 Å². The van der Waals surface area contributed by atoms with E-state index in [9.17, 15) is 27.6 Å². The highest BCUT2D eigenvalue weighted by atomic mass is 32.2. The zero-order valence-electron chi connectivity index (χ0n) is 36.6. The summed E-state index contributed by atoms with van der Waals surface area (Å²) < 4.78 is 43.3. The minimum Gasteiger partial charge on any atom is -0.493 e. The molecule has 0 bridgehead atoms. The third-order valence-corrected chi connectivity index (χ3v) is 12.4. The van der Waals surface area contributed by atoms with Crippen molar-refractivity contribution in [1.29, 1.82) is 0 Å². The van der Waals surface area contributed by atoms with E-state index in [2.05, 4.69) is 80.5 Å². The van der Waals surface area contributed by atoms with Crippen LogP contribution in [-0.2, 0) is 36.4 Å². The Morgan fingerprint density at radius 1 is 0.828 bits per heavy atom. The predicted molar refractivity (Wildman–Crippen MR) is 241 cm³/mol. The molecule has 340 valence electrons. The van der Waals surface area contributed by atoms with Crippen molar-refractivity contribution in [3.05, 3.63) is 107 Å². The monoisotopic (exact) mass is 895 g/mol. The molecule has 0 aliphatic carbocycles. The number of nitrogens with one attached hydrogen (secondary N) is 3. The number of carbonyl (C=O) groups excluding carboxylic acids is 4. The van der Waals surface area contributed by atoms with Gasteiger partial charge in [-0.25, -0.2) is 18.4 Å². The van der Waals surface area contributed by atoms with E-state index < -0.39 is 39.7 Å². The van der Waals surface area contributed by atoms with Gasteiger partial charge in [0.05, 0.1) is 29.7 Å². The van der Waals surface area contributed by atoms with Crippen LogP contribution in [0.25, 0.3) is 0 Å². The Morgan fingerprint density at radius 2 is 1.52 bits per heavy atom. The molecule has 0 spiro atoms. The van der Waals surface area contributed by atoms with Crippen molar-refractivity contribution < 1.29 is 41.8 Å². The highest BCUT2D eigenvalue weighted by molar-refractivity contribution is 7.92. The maximum atomic E-state index is 13.1. The lowest BCUT2D eigenvalue weighted by atomic mass is 9.78. The summed E-state index contributed by atoms with van der Waals surface area (Å²) in [5.41, 5.74) is 3.86. The minimum atomic E-state index is -3.48. The molecule has 3 aliphatic heterocycles. The Kier molecular flexibility index (Phi) is 14.9. The van der Waals surface area contributed by atoms with Crippen molar-refractivity contribution in [1.82, 2.24) is 25.1 Å². The summed E-state index contributed by atoms with van der Waals surface area (Å²) in [5.74, 6) is 0.00842. The van der Waals surface area contributed by atoms with E-state index in [1.165, 1.54) is 11.8 Å². The van der Waals surface area contributed by atoms with Crippen LogP contribution in [0.2, 0.25) is 0 Å². The lowest BCUT2D eigenvalue weighted by Crippen LogP contribution is -2.54. The van der Waals surface area contributed by atoms with Crippen LogP contribution in [0.4, 0.5) is 11.6 Å². The van der Waals surface area contributed by atoms with Crippen molar-refractivity contribution in [3.8, 4) is 11.5 Å². The quantitative estimate of drug-likeness (QED) is 0.0657. The number of fused-ring (bicyclic) bond motifs is 1. The summed E-state index contributed by atoms with van der Waals surface area (Å²) in [5, 5.41) is 5.53. The van der Waals surface area contributed by atoms with E-state index in [1.54, 1.807) is 24.3 Å². The highest BCUT2D eigenvalue weighted by Gasteiger charge is 2.44. The molecule has 17 heteroatoms. The largest absolute Gasteiger partial charge is 0.493 e. The fourth-order valence-electron chi connectivity index (χ4n) is 8.20. The first-order chi connectivity index (χ1) is 30.7. The first kappa shape index (κ1) is 46.1. The Bertz CT molecular complexity index is 2410. The number of hydrogen-bond donors (Lipinski definition) is 3. The molecule has 2 saturated heterocycles. The molecule has 4 aromatic rings. The lowest BCUT2D eigenvalue weighted by molar-refractivity contribution is -0.136. The zero-order chi connectivity index (χ0) is 45.3. The van der Waals surface area contributed by atoms with Crippen LogP contribution in [0.5, 0.6) is 11.5 Å². The maximum absolute atomic E-state index is 13.1. The van der Waals surface area contributed by atoms with Crippen LogP contribution in [0.1, 0.15) is 96.3 Å². The van der Waals surface area contributed by atoms with Crippen LogP contribution in [0.15, 0.2) is 79.0 Å². The number of likely N-dealkylation sites (tertiary alicyclic amines) is 1. The number of rotatable bonds is 22. The molecule has 4 amide bonds. The number of sulfonamides is 1. The molecule has 3 N–H and O–H groups in total. The Hall–Kier alpha value is -5.91. The fourth-order valence-corrected chi connectivity index (χ4v) is 8.63. The van der Waals surface area contributed by atoms with E-state index in [0.717, 1.165) is 86.5 Å². The first-order valence-electron chi connectivity index (χ1n) is 21.9. The molecule has 7 rings (SSSR count). The Labute approximate surface area is 374 Å². The van der Waals surface area contributed by atoms with Gasteiger partial charge in [0.2, 0.25) is 27.8 Å². The van der Waals surface area contributed by atoms with Gasteiger partial charge in [0.15, 0.2) is 0 Å². The normalized spacial score (nSPS) is 18.0. The number of nitrogens with zero attached hydrogens (tertiary/aromatic N) is 4. The topological polar surface area (TPSA) is 198 Å². The van der Waals surface area contributed by atoms with Gasteiger partial charge in [0.25, 0.3) is 11.8 Å². The second kappa shape index (κ2) is 20.7. The van der Waals surface area contributed by atoms with Gasteiger partial charge in [0, 0.05) is 55.9 Å². The van der Waals surface area contributed by atoms with Crippen LogP contribution < -0.4 is 24.8 Å². The van der Waals surface area contributed by atoms with Gasteiger partial charge < -0.3 is 24.4 Å². The zero-order valence-corrected chi connectivity index (χ0v) is 37.5. The molecule has 64 heavy (non-hydrogen) atoms. The molecular weight excluding hydrogens is 839 g/mol. The van der Waals surface area contributed by atoms with Crippen LogP contribution in [0.3, 0.4) is 0 Å². The average Bonchev–Trinajstić information content (AvgIpc) is 3.83. The molecule has 2 atom stereocenters. The number of hydrogen-bond acceptors (Lipinski definition) is 13. The Balaban J connectivity index is 0.730. The van der Waals surface area contributed by atoms with Crippen molar-refractivity contribution in [3.63, 3.8) is 0 Å². The molecule has 0 radical (unpaired) electrons. The van der Waals surface area contributed by atoms with Crippen LogP contribution in [0, 0.1) is 5.92 Å². The number of anilines is 2. The number of amides is 4. The molecule has 16 nitrogen and oxygen atoms in total. The predicted octanol–water partition coefficient (Wildman–Crippen LogP) is 5.54. The number of piperidine rings is 1. The molecular formula is C47H57N7O9S. The van der Waals surface area contributed by atoms with E-state index in [1.807, 2.05) is 12.1 Å². The van der Waals surface area contributed by atoms with E-state index >= 15 is 0 Å². The second-order valence-corrected chi connectivity index (χ2v) is 18.9. The highest BCUT2D eigenvalue weighted by Crippen LogP contribution is 2.34. The third kappa shape index (κ3) is 12.0. The van der Waals surface area contributed by atoms with Gasteiger partial charge in [-0.2, -0.15) is 0 Å². The first-order valence-corrected chi connectivity index (χ1v) is 23.8. The van der Waals surface area contributed by atoms with E-state index in [4.69, 9.17) is 14.2 Å². The van der Waals surface area contributed by atoms with Crippen LogP contribution in [-0.4, -0.2) is 110 Å². The minimum absolute atomic E-state index is 0.00747. The summed E-state index contributed by atoms with van der Waals surface area (Å²) in [6.45, 7) is 10.5. The SMILES string of the molecule is CC(C)(c1ccc(OCc2ccnc(NS(C)(=O)=O)n2)cc1)c1ccc(OCC2CCN(CCCCOCCCCNc3ccc4c(c3)C(=O)N(C3CCC(=O)NC3=O)C4=O)C2)cc1. The van der Waals surface area contributed by atoms with E-state index in [-0.39, 0.29) is 41.9 Å². The average molecular weight is 896 g/mol. The number of carbonyl (C=O) groups is 4. The fraction of sp³-hybridized carbons (Fsp3) is 0.447. The second-order valence-electron chi connectivity index (χ2n) is 17.1. The lowest BCUT2D eigenvalue weighted by Gasteiger charge is -2.27. The molecule has 1 aromatic heterocycles. The van der Waals surface area contributed by atoms with Gasteiger partial charge >= 0.3 is 0 Å². The number of aromatic nitrogens is 2. The molecule has 0 saturated carbocycles. The van der Waals surface area contributed by atoms with Crippen molar-refractivity contribution in [2.24, 2.45) is 5.92 Å². The summed E-state index contributed by atoms with van der Waals surface area (Å²) in [4.78, 5) is 61.5. The molecule has 2 fully saturated rings. The summed E-state index contributed by atoms with van der Waals surface area (Å²) in [6, 6.07) is 22.0. The molecule has 2 unspecified atom stereocenters. The maximum Gasteiger partial charge on any atom is 0.262 e. The van der Waals surface area contributed by atoms with Crippen molar-refractivity contribution in [2.45, 2.75) is 76.9 Å².